The van der Waals surface area contributed by atoms with Crippen molar-refractivity contribution in [2.75, 3.05) is 60.3 Å². The van der Waals surface area contributed by atoms with Crippen molar-refractivity contribution in [2.45, 2.75) is 6.42 Å². The van der Waals surface area contributed by atoms with Gasteiger partial charge in [-0.25, -0.2) is 4.98 Å². The minimum absolute atomic E-state index is 0.750. The molecule has 0 unspecified atom stereocenters. The second-order valence-corrected chi connectivity index (χ2v) is 8.91. The van der Waals surface area contributed by atoms with Crippen LogP contribution in [0.2, 0.25) is 0 Å². The lowest BCUT2D eigenvalue weighted by Crippen LogP contribution is -2.47. The van der Waals surface area contributed by atoms with Gasteiger partial charge in [0.1, 0.15) is 17.5 Å². The maximum Gasteiger partial charge on any atom is 0.229 e. The Kier molecular flexibility index (Phi) is 6.75. The van der Waals surface area contributed by atoms with Crippen molar-refractivity contribution in [3.8, 4) is 0 Å². The van der Waals surface area contributed by atoms with Crippen LogP contribution in [0.4, 0.5) is 29.1 Å². The van der Waals surface area contributed by atoms with Gasteiger partial charge in [-0.1, -0.05) is 54.6 Å². The Bertz CT molecular complexity index is 1240. The minimum Gasteiger partial charge on any atom is -0.363 e. The summed E-state index contributed by atoms with van der Waals surface area (Å²) >= 11 is 0. The van der Waals surface area contributed by atoms with E-state index in [9.17, 15) is 0 Å². The van der Waals surface area contributed by atoms with E-state index in [1.54, 1.807) is 0 Å². The summed E-state index contributed by atoms with van der Waals surface area (Å²) in [5.41, 5.74) is 3.57. The van der Waals surface area contributed by atoms with Gasteiger partial charge in [0.05, 0.1) is 0 Å². The summed E-state index contributed by atoms with van der Waals surface area (Å²) in [4.78, 5) is 20.9. The fraction of sp³-hybridized carbons (Fsp3) is 0.250. The van der Waals surface area contributed by atoms with E-state index in [1.807, 2.05) is 43.4 Å². The highest BCUT2D eigenvalue weighted by Crippen LogP contribution is 2.26. The first-order chi connectivity index (χ1) is 17.2. The molecule has 35 heavy (non-hydrogen) atoms. The quantitative estimate of drug-likeness (QED) is 0.428. The first-order valence-electron chi connectivity index (χ1n) is 12.0. The maximum absolute atomic E-state index is 4.92. The van der Waals surface area contributed by atoms with Crippen molar-refractivity contribution in [3.05, 3.63) is 96.2 Å². The highest BCUT2D eigenvalue weighted by molar-refractivity contribution is 5.65. The Balaban J connectivity index is 1.36. The van der Waals surface area contributed by atoms with Crippen molar-refractivity contribution in [1.82, 2.24) is 15.0 Å². The number of nitrogens with zero attached hydrogens (tertiary/aromatic N) is 6. The van der Waals surface area contributed by atoms with Crippen LogP contribution in [0, 0.1) is 0 Å². The van der Waals surface area contributed by atoms with E-state index in [1.165, 1.54) is 11.1 Å². The average Bonchev–Trinajstić information content (AvgIpc) is 2.91. The van der Waals surface area contributed by atoms with Crippen LogP contribution in [0.5, 0.6) is 0 Å². The van der Waals surface area contributed by atoms with Crippen LogP contribution >= 0.6 is 0 Å². The first-order valence-corrected chi connectivity index (χ1v) is 12.0. The number of pyridine rings is 1. The smallest absolute Gasteiger partial charge is 0.229 e. The zero-order chi connectivity index (χ0) is 24.0. The number of hydrogen-bond acceptors (Lipinski definition) is 7. The van der Waals surface area contributed by atoms with Crippen molar-refractivity contribution in [1.29, 1.82) is 0 Å². The number of aromatic nitrogens is 3. The highest BCUT2D eigenvalue weighted by Gasteiger charge is 2.21. The van der Waals surface area contributed by atoms with Gasteiger partial charge in [-0.15, -0.1) is 0 Å². The molecule has 0 bridgehead atoms. The molecule has 0 amide bonds. The Hall–Kier alpha value is -4.13. The fourth-order valence-corrected chi connectivity index (χ4v) is 4.28. The number of benzene rings is 2. The van der Waals surface area contributed by atoms with E-state index in [0.717, 1.165) is 61.7 Å². The lowest BCUT2D eigenvalue weighted by atomic mass is 10.0. The molecule has 2 aromatic carbocycles. The standard InChI is InChI=1S/C28H31N7/c1-33(2)27-21-25(30-24-13-7-6-12-23(24)20-22-10-4-3-5-11-22)31-28(32-27)35-18-16-34(17-19-35)26-14-8-9-15-29-26/h3-15,21H,16-20H2,1-2H3,(H,30,31,32). The molecule has 1 aliphatic rings. The largest absolute Gasteiger partial charge is 0.363 e. The highest BCUT2D eigenvalue weighted by atomic mass is 15.3. The molecule has 2 aromatic heterocycles. The Labute approximate surface area is 207 Å². The van der Waals surface area contributed by atoms with E-state index in [0.29, 0.717) is 0 Å². The van der Waals surface area contributed by atoms with E-state index in [4.69, 9.17) is 9.97 Å². The van der Waals surface area contributed by atoms with Crippen molar-refractivity contribution in [2.24, 2.45) is 0 Å². The fourth-order valence-electron chi connectivity index (χ4n) is 4.28. The molecule has 0 aliphatic carbocycles. The molecular formula is C28H31N7. The molecule has 3 heterocycles. The molecule has 1 aliphatic heterocycles. The predicted molar refractivity (Wildman–Crippen MR) is 144 cm³/mol. The van der Waals surface area contributed by atoms with Crippen LogP contribution in [-0.4, -0.2) is 55.2 Å². The molecule has 0 spiro atoms. The SMILES string of the molecule is CN(C)c1cc(Nc2ccccc2Cc2ccccc2)nc(N2CCN(c3ccccn3)CC2)n1. The summed E-state index contributed by atoms with van der Waals surface area (Å²) in [6, 6.07) is 27.0. The molecular weight excluding hydrogens is 434 g/mol. The summed E-state index contributed by atoms with van der Waals surface area (Å²) in [5.74, 6) is 3.45. The molecule has 4 aromatic rings. The summed E-state index contributed by atoms with van der Waals surface area (Å²) in [5, 5.41) is 3.58. The van der Waals surface area contributed by atoms with Gasteiger partial charge in [0, 0.05) is 58.2 Å². The minimum atomic E-state index is 0.750. The average molecular weight is 466 g/mol. The molecule has 7 heteroatoms. The summed E-state index contributed by atoms with van der Waals surface area (Å²) < 4.78 is 0. The molecule has 1 saturated heterocycles. The zero-order valence-electron chi connectivity index (χ0n) is 20.3. The predicted octanol–water partition coefficient (Wildman–Crippen LogP) is 4.60. The van der Waals surface area contributed by atoms with E-state index in [2.05, 4.69) is 80.8 Å². The zero-order valence-corrected chi connectivity index (χ0v) is 20.3. The van der Waals surface area contributed by atoms with Gasteiger partial charge >= 0.3 is 0 Å². The third-order valence-corrected chi connectivity index (χ3v) is 6.21. The van der Waals surface area contributed by atoms with Gasteiger partial charge < -0.3 is 20.0 Å². The second kappa shape index (κ2) is 10.4. The van der Waals surface area contributed by atoms with Gasteiger partial charge in [0.2, 0.25) is 5.95 Å². The Morgan fingerprint density at radius 2 is 1.51 bits per heavy atom. The summed E-state index contributed by atoms with van der Waals surface area (Å²) in [6.07, 6.45) is 2.71. The van der Waals surface area contributed by atoms with Gasteiger partial charge in [0.25, 0.3) is 0 Å². The number of hydrogen-bond donors (Lipinski definition) is 1. The van der Waals surface area contributed by atoms with Crippen LogP contribution in [0.15, 0.2) is 85.1 Å². The van der Waals surface area contributed by atoms with Crippen LogP contribution in [0.25, 0.3) is 0 Å². The molecule has 178 valence electrons. The van der Waals surface area contributed by atoms with Crippen LogP contribution in [0.1, 0.15) is 11.1 Å². The Morgan fingerprint density at radius 1 is 0.800 bits per heavy atom. The van der Waals surface area contributed by atoms with Crippen molar-refractivity contribution in [3.63, 3.8) is 0 Å². The molecule has 0 radical (unpaired) electrons. The molecule has 1 fully saturated rings. The van der Waals surface area contributed by atoms with E-state index < -0.39 is 0 Å². The van der Waals surface area contributed by atoms with Crippen LogP contribution < -0.4 is 20.0 Å². The van der Waals surface area contributed by atoms with Crippen LogP contribution in [0.3, 0.4) is 0 Å². The molecule has 1 N–H and O–H groups in total. The van der Waals surface area contributed by atoms with Crippen LogP contribution in [-0.2, 0) is 6.42 Å². The van der Waals surface area contributed by atoms with Gasteiger partial charge in [-0.3, -0.25) is 0 Å². The normalized spacial score (nSPS) is 13.5. The lowest BCUT2D eigenvalue weighted by molar-refractivity contribution is 0.635. The number of anilines is 5. The number of nitrogens with one attached hydrogen (secondary N) is 1. The van der Waals surface area contributed by atoms with E-state index in [-0.39, 0.29) is 0 Å². The molecule has 0 saturated carbocycles. The number of para-hydroxylation sites is 1. The summed E-state index contributed by atoms with van der Waals surface area (Å²) in [7, 11) is 4.02. The van der Waals surface area contributed by atoms with Crippen molar-refractivity contribution < 1.29 is 0 Å². The monoisotopic (exact) mass is 465 g/mol. The molecule has 7 nitrogen and oxygen atoms in total. The lowest BCUT2D eigenvalue weighted by Gasteiger charge is -2.35. The van der Waals surface area contributed by atoms with Gasteiger partial charge in [-0.05, 0) is 35.7 Å². The third-order valence-electron chi connectivity index (χ3n) is 6.21. The van der Waals surface area contributed by atoms with E-state index >= 15 is 0 Å². The Morgan fingerprint density at radius 3 is 2.26 bits per heavy atom. The second-order valence-electron chi connectivity index (χ2n) is 8.91. The maximum atomic E-state index is 4.92. The van der Waals surface area contributed by atoms with Gasteiger partial charge in [-0.2, -0.15) is 9.97 Å². The molecule has 5 rings (SSSR count). The van der Waals surface area contributed by atoms with Gasteiger partial charge in [0.15, 0.2) is 0 Å². The topological polar surface area (TPSA) is 60.4 Å². The number of piperazine rings is 1. The number of rotatable bonds is 7. The summed E-state index contributed by atoms with van der Waals surface area (Å²) in [6.45, 7) is 3.46. The van der Waals surface area contributed by atoms with Crippen molar-refractivity contribution >= 4 is 29.1 Å². The third kappa shape index (κ3) is 5.51. The first kappa shape index (κ1) is 22.7. The molecule has 0 atom stereocenters.